The molecule has 7 nitrogen and oxygen atoms in total. The average Bonchev–Trinajstić information content (AvgIpc) is 3.74. The van der Waals surface area contributed by atoms with E-state index in [0.717, 1.165) is 44.5 Å². The molecule has 1 amide bonds. The van der Waals surface area contributed by atoms with Crippen LogP contribution in [0.15, 0.2) is 47.3 Å². The standard InChI is InChI=1S/C31H39FN4O3/c1-31(2,3)39-30(38)34-26(22-14-15-22)28-33-27-24(32)17-16-21(11-10-20-35-18-8-5-9-19-35)25(27)29(37)36(28)23-12-6-4-7-13-23/h4,6-7,12-13,16-17,22,26H,5,8-11,14-15,18-20H2,1-3H3,(H,34,38)/t26-/m0/s1. The van der Waals surface area contributed by atoms with Crippen molar-refractivity contribution in [3.8, 4) is 5.69 Å². The molecule has 208 valence electrons. The van der Waals surface area contributed by atoms with E-state index in [1.54, 1.807) is 31.4 Å². The number of carbonyl (C=O) groups excluding carboxylic acids is 1. The Morgan fingerprint density at radius 2 is 1.82 bits per heavy atom. The van der Waals surface area contributed by atoms with Gasteiger partial charge in [-0.1, -0.05) is 30.7 Å². The first-order valence-corrected chi connectivity index (χ1v) is 14.2. The Labute approximate surface area is 229 Å². The Kier molecular flexibility index (Phi) is 8.03. The van der Waals surface area contributed by atoms with Crippen LogP contribution in [0.25, 0.3) is 16.6 Å². The van der Waals surface area contributed by atoms with Gasteiger partial charge in [0.15, 0.2) is 0 Å². The third kappa shape index (κ3) is 6.49. The van der Waals surface area contributed by atoms with E-state index in [1.807, 2.05) is 30.3 Å². The normalized spacial score (nSPS) is 17.2. The molecule has 1 saturated heterocycles. The van der Waals surface area contributed by atoms with Crippen LogP contribution in [-0.2, 0) is 11.2 Å². The van der Waals surface area contributed by atoms with Crippen molar-refractivity contribution in [2.24, 2.45) is 5.92 Å². The van der Waals surface area contributed by atoms with Crippen LogP contribution in [0.4, 0.5) is 9.18 Å². The molecule has 0 spiro atoms. The average molecular weight is 535 g/mol. The number of alkyl carbamates (subject to hydrolysis) is 1. The quantitative estimate of drug-likeness (QED) is 0.388. The van der Waals surface area contributed by atoms with E-state index < -0.39 is 23.6 Å². The first-order valence-electron chi connectivity index (χ1n) is 14.2. The second kappa shape index (κ2) is 11.5. The van der Waals surface area contributed by atoms with Crippen molar-refractivity contribution >= 4 is 17.0 Å². The number of fused-ring (bicyclic) bond motifs is 1. The molecule has 2 heterocycles. The zero-order valence-corrected chi connectivity index (χ0v) is 23.2. The van der Waals surface area contributed by atoms with E-state index in [2.05, 4.69) is 10.2 Å². The maximum absolute atomic E-state index is 15.3. The van der Waals surface area contributed by atoms with E-state index in [4.69, 9.17) is 9.72 Å². The molecule has 5 rings (SSSR count). The lowest BCUT2D eigenvalue weighted by atomic mass is 10.0. The zero-order valence-electron chi connectivity index (χ0n) is 23.2. The summed E-state index contributed by atoms with van der Waals surface area (Å²) in [4.78, 5) is 34.3. The van der Waals surface area contributed by atoms with E-state index in [1.165, 1.54) is 25.3 Å². The van der Waals surface area contributed by atoms with Gasteiger partial charge in [0.2, 0.25) is 0 Å². The molecule has 1 aliphatic carbocycles. The van der Waals surface area contributed by atoms with Gasteiger partial charge >= 0.3 is 6.09 Å². The Morgan fingerprint density at radius 1 is 1.10 bits per heavy atom. The number of hydrogen-bond acceptors (Lipinski definition) is 5. The van der Waals surface area contributed by atoms with Gasteiger partial charge in [0.1, 0.15) is 22.8 Å². The highest BCUT2D eigenvalue weighted by atomic mass is 19.1. The molecule has 0 bridgehead atoms. The topological polar surface area (TPSA) is 76.5 Å². The van der Waals surface area contributed by atoms with Gasteiger partial charge in [-0.15, -0.1) is 0 Å². The van der Waals surface area contributed by atoms with Crippen LogP contribution >= 0.6 is 0 Å². The fourth-order valence-corrected chi connectivity index (χ4v) is 5.51. The minimum atomic E-state index is -0.677. The molecule has 3 aromatic rings. The first kappa shape index (κ1) is 27.3. The molecule has 2 aliphatic rings. The van der Waals surface area contributed by atoms with Crippen LogP contribution in [0, 0.1) is 11.7 Å². The number of rotatable bonds is 8. The lowest BCUT2D eigenvalue weighted by Crippen LogP contribution is -2.39. The van der Waals surface area contributed by atoms with Gasteiger partial charge in [0, 0.05) is 0 Å². The van der Waals surface area contributed by atoms with Gasteiger partial charge in [-0.25, -0.2) is 14.2 Å². The Hall–Kier alpha value is -3.26. The van der Waals surface area contributed by atoms with Gasteiger partial charge in [-0.3, -0.25) is 9.36 Å². The lowest BCUT2D eigenvalue weighted by Gasteiger charge is -2.26. The van der Waals surface area contributed by atoms with Crippen molar-refractivity contribution in [1.29, 1.82) is 0 Å². The van der Waals surface area contributed by atoms with Crippen molar-refractivity contribution in [3.05, 3.63) is 70.0 Å². The van der Waals surface area contributed by atoms with Crippen molar-refractivity contribution in [2.45, 2.75) is 77.4 Å². The predicted molar refractivity (Wildman–Crippen MR) is 151 cm³/mol. The van der Waals surface area contributed by atoms with Crippen LogP contribution in [0.1, 0.15) is 76.7 Å². The van der Waals surface area contributed by atoms with Crippen molar-refractivity contribution in [2.75, 3.05) is 19.6 Å². The molecule has 1 aromatic heterocycles. The summed E-state index contributed by atoms with van der Waals surface area (Å²) in [7, 11) is 0. The lowest BCUT2D eigenvalue weighted by molar-refractivity contribution is 0.0493. The molecule has 1 atom stereocenters. The molecular weight excluding hydrogens is 495 g/mol. The molecule has 8 heteroatoms. The Bertz CT molecular complexity index is 1370. The van der Waals surface area contributed by atoms with Gasteiger partial charge in [-0.2, -0.15) is 0 Å². The number of benzene rings is 2. The number of aryl methyl sites for hydroxylation is 1. The number of hydrogen-bond donors (Lipinski definition) is 1. The van der Waals surface area contributed by atoms with Gasteiger partial charge in [0.25, 0.3) is 5.56 Å². The fourth-order valence-electron chi connectivity index (χ4n) is 5.51. The summed E-state index contributed by atoms with van der Waals surface area (Å²) >= 11 is 0. The van der Waals surface area contributed by atoms with E-state index in [0.29, 0.717) is 23.3 Å². The summed E-state index contributed by atoms with van der Waals surface area (Å²) in [5, 5.41) is 3.26. The molecule has 1 saturated carbocycles. The number of amides is 1. The number of para-hydroxylation sites is 1. The summed E-state index contributed by atoms with van der Waals surface area (Å²) in [6.07, 6.45) is 6.47. The molecule has 0 unspecified atom stereocenters. The maximum Gasteiger partial charge on any atom is 0.408 e. The third-order valence-electron chi connectivity index (χ3n) is 7.51. The first-order chi connectivity index (χ1) is 18.7. The van der Waals surface area contributed by atoms with Crippen LogP contribution in [-0.4, -0.2) is 45.8 Å². The fraction of sp³-hybridized carbons (Fsp3) is 0.516. The summed E-state index contributed by atoms with van der Waals surface area (Å²) in [6, 6.07) is 11.8. The Balaban J connectivity index is 1.57. The highest BCUT2D eigenvalue weighted by Gasteiger charge is 2.38. The van der Waals surface area contributed by atoms with Crippen molar-refractivity contribution in [1.82, 2.24) is 19.8 Å². The summed E-state index contributed by atoms with van der Waals surface area (Å²) in [5.74, 6) is -0.112. The number of nitrogens with zero attached hydrogens (tertiary/aromatic N) is 3. The molecule has 1 N–H and O–H groups in total. The Morgan fingerprint density at radius 3 is 2.49 bits per heavy atom. The van der Waals surface area contributed by atoms with Crippen LogP contribution in [0.5, 0.6) is 0 Å². The molecule has 2 aromatic carbocycles. The number of ether oxygens (including phenoxy) is 1. The number of halogens is 1. The molecular formula is C31H39FN4O3. The van der Waals surface area contributed by atoms with Gasteiger partial charge in [-0.05, 0) is 109 Å². The summed E-state index contributed by atoms with van der Waals surface area (Å²) in [6.45, 7) is 8.59. The van der Waals surface area contributed by atoms with Crippen LogP contribution in [0.3, 0.4) is 0 Å². The highest BCUT2D eigenvalue weighted by Crippen LogP contribution is 2.41. The second-order valence-corrected chi connectivity index (χ2v) is 11.8. The van der Waals surface area contributed by atoms with Crippen molar-refractivity contribution < 1.29 is 13.9 Å². The van der Waals surface area contributed by atoms with Crippen LogP contribution in [0.2, 0.25) is 0 Å². The summed E-state index contributed by atoms with van der Waals surface area (Å²) < 4.78 is 22.4. The summed E-state index contributed by atoms with van der Waals surface area (Å²) in [5.41, 5.74) is 0.510. The van der Waals surface area contributed by atoms with Gasteiger partial charge in [0.05, 0.1) is 17.1 Å². The third-order valence-corrected chi connectivity index (χ3v) is 7.51. The highest BCUT2D eigenvalue weighted by molar-refractivity contribution is 5.82. The number of carbonyl (C=O) groups is 1. The minimum absolute atomic E-state index is 0.0642. The zero-order chi connectivity index (χ0) is 27.6. The molecule has 39 heavy (non-hydrogen) atoms. The van der Waals surface area contributed by atoms with Crippen LogP contribution < -0.4 is 10.9 Å². The predicted octanol–water partition coefficient (Wildman–Crippen LogP) is 5.92. The van der Waals surface area contributed by atoms with E-state index >= 15 is 4.39 Å². The SMILES string of the molecule is CC(C)(C)OC(=O)N[C@H](c1nc2c(F)ccc(CCCN3CCCCC3)c2c(=O)n1-c1ccccc1)C1CC1. The second-order valence-electron chi connectivity index (χ2n) is 11.8. The number of nitrogens with one attached hydrogen (secondary N) is 1. The number of likely N-dealkylation sites (tertiary alicyclic amines) is 1. The minimum Gasteiger partial charge on any atom is -0.444 e. The molecule has 0 radical (unpaired) electrons. The van der Waals surface area contributed by atoms with E-state index in [-0.39, 0.29) is 17.0 Å². The molecule has 2 fully saturated rings. The molecule has 1 aliphatic heterocycles. The van der Waals surface area contributed by atoms with E-state index in [9.17, 15) is 9.59 Å². The van der Waals surface area contributed by atoms with Crippen molar-refractivity contribution in [3.63, 3.8) is 0 Å². The number of piperidine rings is 1. The largest absolute Gasteiger partial charge is 0.444 e. The monoisotopic (exact) mass is 534 g/mol. The number of aromatic nitrogens is 2. The van der Waals surface area contributed by atoms with Gasteiger partial charge < -0.3 is 15.0 Å². The maximum atomic E-state index is 15.3. The smallest absolute Gasteiger partial charge is 0.408 e.